The van der Waals surface area contributed by atoms with E-state index >= 15 is 0 Å². The molecule has 0 aliphatic carbocycles. The van der Waals surface area contributed by atoms with Gasteiger partial charge in [-0.1, -0.05) is 60.7 Å². The van der Waals surface area contributed by atoms with Crippen LogP contribution in [-0.2, 0) is 6.42 Å². The summed E-state index contributed by atoms with van der Waals surface area (Å²) < 4.78 is 5.62. The molecule has 0 saturated carbocycles. The Labute approximate surface area is 136 Å². The number of nitrogens with zero attached hydrogens (tertiary/aromatic N) is 2. The maximum Gasteiger partial charge on any atom is 0.232 e. The van der Waals surface area contributed by atoms with E-state index in [9.17, 15) is 0 Å². The van der Waals surface area contributed by atoms with Gasteiger partial charge in [-0.2, -0.15) is 0 Å². The average Bonchev–Trinajstić information content (AvgIpc) is 3.06. The van der Waals surface area contributed by atoms with Gasteiger partial charge < -0.3 is 10.2 Å². The molecule has 1 atom stereocenters. The minimum atomic E-state index is -0.227. The van der Waals surface area contributed by atoms with Crippen molar-refractivity contribution in [1.29, 1.82) is 0 Å². The zero-order chi connectivity index (χ0) is 16.1. The highest BCUT2D eigenvalue weighted by Gasteiger charge is 2.16. The van der Waals surface area contributed by atoms with Crippen molar-refractivity contribution in [2.75, 3.05) is 0 Å². The van der Waals surface area contributed by atoms with E-state index in [1.165, 1.54) is 11.1 Å². The van der Waals surface area contributed by atoms with Crippen LogP contribution in [0.25, 0.3) is 0 Å². The fraction of sp³-hybridized carbons (Fsp3) is 0.263. The lowest BCUT2D eigenvalue weighted by Crippen LogP contribution is -2.04. The van der Waals surface area contributed by atoms with Gasteiger partial charge >= 0.3 is 0 Å². The second kappa shape index (κ2) is 7.20. The van der Waals surface area contributed by atoms with E-state index in [0.29, 0.717) is 17.7 Å². The Balaban J connectivity index is 1.79. The van der Waals surface area contributed by atoms with Gasteiger partial charge in [0.15, 0.2) is 0 Å². The average molecular weight is 307 g/mol. The smallest absolute Gasteiger partial charge is 0.232 e. The molecule has 0 saturated heterocycles. The summed E-state index contributed by atoms with van der Waals surface area (Å²) in [5.41, 5.74) is 8.36. The van der Waals surface area contributed by atoms with E-state index in [2.05, 4.69) is 58.7 Å². The predicted octanol–water partition coefficient (Wildman–Crippen LogP) is 3.85. The molecule has 118 valence electrons. The number of rotatable bonds is 6. The molecule has 0 amide bonds. The molecule has 0 radical (unpaired) electrons. The van der Waals surface area contributed by atoms with Gasteiger partial charge in [0.05, 0.1) is 6.04 Å². The van der Waals surface area contributed by atoms with E-state index in [1.807, 2.05) is 19.1 Å². The molecule has 4 heteroatoms. The molecule has 2 N–H and O–H groups in total. The molecule has 1 aromatic heterocycles. The quantitative estimate of drug-likeness (QED) is 0.751. The molecule has 0 bridgehead atoms. The standard InChI is InChI=1S/C19H21N3O/c1-14(20)19-22-21-18(23-19)13-12-17(15-8-4-2-5-9-15)16-10-6-3-7-11-16/h2-11,14,17H,12-13,20H2,1H3/t14-/m0/s1. The summed E-state index contributed by atoms with van der Waals surface area (Å²) in [6, 6.07) is 20.8. The lowest BCUT2D eigenvalue weighted by Gasteiger charge is -2.17. The first kappa shape index (κ1) is 15.4. The fourth-order valence-electron chi connectivity index (χ4n) is 2.72. The Hall–Kier alpha value is -2.46. The molecule has 0 fully saturated rings. The minimum absolute atomic E-state index is 0.227. The Kier molecular flexibility index (Phi) is 4.83. The summed E-state index contributed by atoms with van der Waals surface area (Å²) in [5, 5.41) is 8.10. The summed E-state index contributed by atoms with van der Waals surface area (Å²) in [5.74, 6) is 1.45. The molecule has 4 nitrogen and oxygen atoms in total. The van der Waals surface area contributed by atoms with Crippen LogP contribution in [-0.4, -0.2) is 10.2 Å². The molecule has 0 unspecified atom stereocenters. The number of hydrogen-bond donors (Lipinski definition) is 1. The lowest BCUT2D eigenvalue weighted by molar-refractivity contribution is 0.420. The maximum absolute atomic E-state index is 5.77. The van der Waals surface area contributed by atoms with Crippen molar-refractivity contribution in [3.05, 3.63) is 83.6 Å². The van der Waals surface area contributed by atoms with Crippen LogP contribution in [0.5, 0.6) is 0 Å². The third-order valence-corrected chi connectivity index (χ3v) is 3.92. The van der Waals surface area contributed by atoms with Crippen LogP contribution in [0.1, 0.15) is 48.2 Å². The Morgan fingerprint density at radius 3 is 1.96 bits per heavy atom. The van der Waals surface area contributed by atoms with Crippen LogP contribution in [0, 0.1) is 0 Å². The molecule has 0 spiro atoms. The highest BCUT2D eigenvalue weighted by Crippen LogP contribution is 2.29. The van der Waals surface area contributed by atoms with Crippen molar-refractivity contribution in [1.82, 2.24) is 10.2 Å². The first-order valence-corrected chi connectivity index (χ1v) is 7.92. The Bertz CT molecular complexity index is 683. The van der Waals surface area contributed by atoms with Crippen molar-refractivity contribution in [2.45, 2.75) is 31.7 Å². The van der Waals surface area contributed by atoms with Crippen LogP contribution >= 0.6 is 0 Å². The first-order chi connectivity index (χ1) is 11.2. The lowest BCUT2D eigenvalue weighted by atomic mass is 9.87. The molecule has 1 heterocycles. The second-order valence-corrected chi connectivity index (χ2v) is 5.74. The van der Waals surface area contributed by atoms with E-state index in [4.69, 9.17) is 10.2 Å². The number of nitrogens with two attached hydrogens (primary N) is 1. The van der Waals surface area contributed by atoms with Crippen molar-refractivity contribution >= 4 is 0 Å². The minimum Gasteiger partial charge on any atom is -0.424 e. The highest BCUT2D eigenvalue weighted by molar-refractivity contribution is 5.32. The summed E-state index contributed by atoms with van der Waals surface area (Å²) in [4.78, 5) is 0. The van der Waals surface area contributed by atoms with Crippen LogP contribution in [0.2, 0.25) is 0 Å². The third-order valence-electron chi connectivity index (χ3n) is 3.92. The molecular formula is C19H21N3O. The number of aromatic nitrogens is 2. The molecule has 3 aromatic rings. The van der Waals surface area contributed by atoms with Gasteiger partial charge in [0, 0.05) is 12.3 Å². The number of aryl methyl sites for hydroxylation is 1. The fourth-order valence-corrected chi connectivity index (χ4v) is 2.72. The van der Waals surface area contributed by atoms with Crippen molar-refractivity contribution in [2.24, 2.45) is 5.73 Å². The predicted molar refractivity (Wildman–Crippen MR) is 89.9 cm³/mol. The van der Waals surface area contributed by atoms with Crippen molar-refractivity contribution in [3.8, 4) is 0 Å². The third kappa shape index (κ3) is 3.85. The van der Waals surface area contributed by atoms with Crippen LogP contribution in [0.4, 0.5) is 0 Å². The molecule has 23 heavy (non-hydrogen) atoms. The number of benzene rings is 2. The first-order valence-electron chi connectivity index (χ1n) is 7.92. The van der Waals surface area contributed by atoms with Crippen LogP contribution in [0.15, 0.2) is 65.1 Å². The second-order valence-electron chi connectivity index (χ2n) is 5.74. The molecule has 0 aliphatic heterocycles. The highest BCUT2D eigenvalue weighted by atomic mass is 16.4. The van der Waals surface area contributed by atoms with Gasteiger partial charge in [-0.25, -0.2) is 0 Å². The van der Waals surface area contributed by atoms with E-state index in [0.717, 1.165) is 12.8 Å². The maximum atomic E-state index is 5.77. The Morgan fingerprint density at radius 2 is 1.48 bits per heavy atom. The van der Waals surface area contributed by atoms with E-state index < -0.39 is 0 Å². The summed E-state index contributed by atoms with van der Waals surface area (Å²) in [6.45, 7) is 1.84. The summed E-state index contributed by atoms with van der Waals surface area (Å²) >= 11 is 0. The largest absolute Gasteiger partial charge is 0.424 e. The SMILES string of the molecule is C[C@H](N)c1nnc(CCC(c2ccccc2)c2ccccc2)o1. The Morgan fingerprint density at radius 1 is 0.913 bits per heavy atom. The number of hydrogen-bond acceptors (Lipinski definition) is 4. The summed E-state index contributed by atoms with van der Waals surface area (Å²) in [7, 11) is 0. The molecular weight excluding hydrogens is 286 g/mol. The summed E-state index contributed by atoms with van der Waals surface area (Å²) in [6.07, 6.45) is 1.64. The molecule has 2 aromatic carbocycles. The van der Waals surface area contributed by atoms with Crippen molar-refractivity contribution in [3.63, 3.8) is 0 Å². The normalized spacial score (nSPS) is 12.5. The van der Waals surface area contributed by atoms with Crippen molar-refractivity contribution < 1.29 is 4.42 Å². The molecule has 3 rings (SSSR count). The van der Waals surface area contributed by atoms with Gasteiger partial charge in [-0.15, -0.1) is 10.2 Å². The van der Waals surface area contributed by atoms with Gasteiger partial charge in [-0.3, -0.25) is 0 Å². The van der Waals surface area contributed by atoms with Crippen LogP contribution < -0.4 is 5.73 Å². The zero-order valence-electron chi connectivity index (χ0n) is 13.2. The van der Waals surface area contributed by atoms with Gasteiger partial charge in [0.2, 0.25) is 11.8 Å². The van der Waals surface area contributed by atoms with Gasteiger partial charge in [-0.05, 0) is 24.5 Å². The molecule has 0 aliphatic rings. The zero-order valence-corrected chi connectivity index (χ0v) is 13.2. The monoisotopic (exact) mass is 307 g/mol. The van der Waals surface area contributed by atoms with E-state index in [-0.39, 0.29) is 6.04 Å². The van der Waals surface area contributed by atoms with Gasteiger partial charge in [0.1, 0.15) is 0 Å². The topological polar surface area (TPSA) is 64.9 Å². The van der Waals surface area contributed by atoms with E-state index in [1.54, 1.807) is 0 Å². The van der Waals surface area contributed by atoms with Gasteiger partial charge in [0.25, 0.3) is 0 Å². The van der Waals surface area contributed by atoms with Crippen LogP contribution in [0.3, 0.4) is 0 Å².